The lowest BCUT2D eigenvalue weighted by molar-refractivity contribution is -0.199. The minimum absolute atomic E-state index is 0.183. The largest absolute Gasteiger partial charge is 0.394 e. The lowest BCUT2D eigenvalue weighted by atomic mass is 10.1. The fourth-order valence-corrected chi connectivity index (χ4v) is 3.08. The standard InChI is InChI=1S/C13H16N4O5/c1-13(2)21-8-6(3-18)20-12(9(8)22-13)17-5-16-7-10(17)14-4-15-11(7)19/h4-6,8-9,12,18H,3H2,1-2H3,(H,14,15,19)/t6?,8?,9-,12?/m0/s1. The minimum Gasteiger partial charge on any atom is -0.394 e. The molecule has 2 N–H and O–H groups in total. The first kappa shape index (κ1) is 13.8. The number of rotatable bonds is 2. The van der Waals surface area contributed by atoms with Crippen LogP contribution < -0.4 is 5.56 Å². The van der Waals surface area contributed by atoms with Gasteiger partial charge in [0.05, 0.1) is 19.3 Å². The molecule has 2 saturated heterocycles. The zero-order valence-electron chi connectivity index (χ0n) is 12.1. The van der Waals surface area contributed by atoms with Crippen molar-refractivity contribution in [2.75, 3.05) is 6.61 Å². The Morgan fingerprint density at radius 3 is 2.91 bits per heavy atom. The summed E-state index contributed by atoms with van der Waals surface area (Å²) in [6.07, 6.45) is 0.937. The summed E-state index contributed by atoms with van der Waals surface area (Å²) in [7, 11) is 0. The smallest absolute Gasteiger partial charge is 0.278 e. The molecule has 3 unspecified atom stereocenters. The topological polar surface area (TPSA) is 111 Å². The molecule has 4 atom stereocenters. The Hall–Kier alpha value is -1.81. The van der Waals surface area contributed by atoms with Gasteiger partial charge in [0.15, 0.2) is 23.2 Å². The SMILES string of the molecule is CC1(C)OC2C(CO)OC(n3cnc4c(=O)[nH]cnc43)[C@H]2O1. The summed E-state index contributed by atoms with van der Waals surface area (Å²) >= 11 is 0. The molecule has 4 heterocycles. The van der Waals surface area contributed by atoms with Gasteiger partial charge in [0.1, 0.15) is 18.3 Å². The number of aromatic nitrogens is 4. The number of aliphatic hydroxyl groups is 1. The van der Waals surface area contributed by atoms with Gasteiger partial charge in [-0.1, -0.05) is 0 Å². The first-order chi connectivity index (χ1) is 10.5. The summed E-state index contributed by atoms with van der Waals surface area (Å²) in [5.41, 5.74) is 0.314. The molecule has 118 valence electrons. The number of nitrogens with one attached hydrogen (secondary N) is 1. The van der Waals surface area contributed by atoms with E-state index in [-0.39, 0.29) is 23.8 Å². The quantitative estimate of drug-likeness (QED) is 0.771. The van der Waals surface area contributed by atoms with Crippen LogP contribution in [0.3, 0.4) is 0 Å². The van der Waals surface area contributed by atoms with Crippen molar-refractivity contribution in [3.63, 3.8) is 0 Å². The predicted molar refractivity (Wildman–Crippen MR) is 73.0 cm³/mol. The van der Waals surface area contributed by atoms with Crippen LogP contribution in [0.15, 0.2) is 17.4 Å². The average Bonchev–Trinajstić information content (AvgIpc) is 3.10. The molecule has 9 heteroatoms. The van der Waals surface area contributed by atoms with Crippen molar-refractivity contribution in [2.24, 2.45) is 0 Å². The maximum absolute atomic E-state index is 11.8. The summed E-state index contributed by atoms with van der Waals surface area (Å²) in [4.78, 5) is 22.5. The van der Waals surface area contributed by atoms with Crippen LogP contribution in [0.25, 0.3) is 11.2 Å². The molecule has 9 nitrogen and oxygen atoms in total. The molecule has 2 aromatic heterocycles. The number of hydrogen-bond donors (Lipinski definition) is 2. The van der Waals surface area contributed by atoms with Gasteiger partial charge in [-0.3, -0.25) is 9.36 Å². The van der Waals surface area contributed by atoms with Crippen molar-refractivity contribution in [2.45, 2.75) is 44.2 Å². The van der Waals surface area contributed by atoms with Crippen LogP contribution in [-0.2, 0) is 14.2 Å². The van der Waals surface area contributed by atoms with Gasteiger partial charge in [0.25, 0.3) is 5.56 Å². The summed E-state index contributed by atoms with van der Waals surface area (Å²) in [6, 6.07) is 0. The van der Waals surface area contributed by atoms with E-state index in [4.69, 9.17) is 14.2 Å². The highest BCUT2D eigenvalue weighted by Crippen LogP contribution is 2.43. The maximum atomic E-state index is 11.8. The normalized spacial score (nSPS) is 33.4. The molecule has 0 aromatic carbocycles. The third kappa shape index (κ3) is 1.90. The molecule has 2 aromatic rings. The number of fused-ring (bicyclic) bond motifs is 2. The second kappa shape index (κ2) is 4.59. The Morgan fingerprint density at radius 1 is 1.36 bits per heavy atom. The predicted octanol–water partition coefficient (Wildman–Crippen LogP) is -0.471. The van der Waals surface area contributed by atoms with Crippen LogP contribution in [0.2, 0.25) is 0 Å². The van der Waals surface area contributed by atoms with Gasteiger partial charge >= 0.3 is 0 Å². The van der Waals surface area contributed by atoms with Crippen molar-refractivity contribution in [1.29, 1.82) is 0 Å². The number of imidazole rings is 1. The molecule has 2 aliphatic rings. The van der Waals surface area contributed by atoms with E-state index in [0.29, 0.717) is 5.65 Å². The molecule has 22 heavy (non-hydrogen) atoms. The van der Waals surface area contributed by atoms with E-state index in [0.717, 1.165) is 0 Å². The number of hydrogen-bond acceptors (Lipinski definition) is 7. The second-order valence-electron chi connectivity index (χ2n) is 5.87. The Kier molecular flexibility index (Phi) is 2.89. The number of nitrogens with zero attached hydrogens (tertiary/aromatic N) is 3. The molecule has 0 amide bonds. The number of aliphatic hydroxyl groups excluding tert-OH is 1. The van der Waals surface area contributed by atoms with E-state index < -0.39 is 24.2 Å². The van der Waals surface area contributed by atoms with E-state index >= 15 is 0 Å². The van der Waals surface area contributed by atoms with Gasteiger partial charge in [-0.2, -0.15) is 0 Å². The molecular weight excluding hydrogens is 292 g/mol. The van der Waals surface area contributed by atoms with Crippen LogP contribution in [0.5, 0.6) is 0 Å². The van der Waals surface area contributed by atoms with Crippen molar-refractivity contribution < 1.29 is 19.3 Å². The summed E-state index contributed by atoms with van der Waals surface area (Å²) in [5, 5.41) is 9.50. The van der Waals surface area contributed by atoms with Gasteiger partial charge in [-0.15, -0.1) is 0 Å². The van der Waals surface area contributed by atoms with Gasteiger partial charge in [-0.25, -0.2) is 9.97 Å². The minimum atomic E-state index is -0.758. The van der Waals surface area contributed by atoms with Crippen LogP contribution in [0.1, 0.15) is 20.1 Å². The zero-order valence-corrected chi connectivity index (χ0v) is 12.1. The van der Waals surface area contributed by atoms with E-state index in [9.17, 15) is 9.90 Å². The highest BCUT2D eigenvalue weighted by atomic mass is 16.8. The van der Waals surface area contributed by atoms with Crippen molar-refractivity contribution in [3.05, 3.63) is 23.0 Å². The number of H-pyrrole nitrogens is 1. The van der Waals surface area contributed by atoms with Crippen LogP contribution in [-0.4, -0.2) is 55.3 Å². The van der Waals surface area contributed by atoms with Gasteiger partial charge in [0, 0.05) is 0 Å². The van der Waals surface area contributed by atoms with Gasteiger partial charge in [0.2, 0.25) is 0 Å². The summed E-state index contributed by atoms with van der Waals surface area (Å²) < 4.78 is 19.2. The van der Waals surface area contributed by atoms with E-state index in [1.54, 1.807) is 4.57 Å². The fourth-order valence-electron chi connectivity index (χ4n) is 3.08. The molecule has 0 saturated carbocycles. The van der Waals surface area contributed by atoms with E-state index in [2.05, 4.69) is 15.0 Å². The Morgan fingerprint density at radius 2 is 2.14 bits per heavy atom. The molecule has 2 fully saturated rings. The highest BCUT2D eigenvalue weighted by molar-refractivity contribution is 5.68. The second-order valence-corrected chi connectivity index (χ2v) is 5.87. The number of ether oxygens (including phenoxy) is 3. The van der Waals surface area contributed by atoms with Crippen molar-refractivity contribution in [1.82, 2.24) is 19.5 Å². The molecule has 0 bridgehead atoms. The lowest BCUT2D eigenvalue weighted by Crippen LogP contribution is -2.31. The van der Waals surface area contributed by atoms with Crippen LogP contribution >= 0.6 is 0 Å². The fraction of sp³-hybridized carbons (Fsp3) is 0.615. The number of aromatic amines is 1. The molecule has 4 rings (SSSR count). The molecule has 0 spiro atoms. The zero-order chi connectivity index (χ0) is 15.5. The van der Waals surface area contributed by atoms with Crippen LogP contribution in [0, 0.1) is 0 Å². The first-order valence-electron chi connectivity index (χ1n) is 7.02. The maximum Gasteiger partial charge on any atom is 0.278 e. The molecule has 2 aliphatic heterocycles. The third-order valence-corrected chi connectivity index (χ3v) is 3.94. The Balaban J connectivity index is 1.78. The van der Waals surface area contributed by atoms with Crippen molar-refractivity contribution in [3.8, 4) is 0 Å². The summed E-state index contributed by atoms with van der Waals surface area (Å²) in [5.74, 6) is -0.758. The van der Waals surface area contributed by atoms with Gasteiger partial charge in [-0.05, 0) is 13.8 Å². The van der Waals surface area contributed by atoms with E-state index in [1.807, 2.05) is 13.8 Å². The molecule has 0 radical (unpaired) electrons. The van der Waals surface area contributed by atoms with Gasteiger partial charge < -0.3 is 24.3 Å². The van der Waals surface area contributed by atoms with E-state index in [1.165, 1.54) is 12.7 Å². The van der Waals surface area contributed by atoms with Crippen molar-refractivity contribution >= 4 is 11.2 Å². The van der Waals surface area contributed by atoms with Crippen LogP contribution in [0.4, 0.5) is 0 Å². The Bertz CT molecular complexity index is 769. The lowest BCUT2D eigenvalue weighted by Gasteiger charge is -2.24. The third-order valence-electron chi connectivity index (χ3n) is 3.94. The average molecular weight is 308 g/mol. The Labute approximate surface area is 124 Å². The highest BCUT2D eigenvalue weighted by Gasteiger charge is 2.55. The first-order valence-corrected chi connectivity index (χ1v) is 7.02. The molecule has 0 aliphatic carbocycles. The molecular formula is C13H16N4O5. The monoisotopic (exact) mass is 308 g/mol. The summed E-state index contributed by atoms with van der Waals surface area (Å²) in [6.45, 7) is 3.44.